The summed E-state index contributed by atoms with van der Waals surface area (Å²) in [5.41, 5.74) is 11.4. The number of nitrogen functional groups attached to an aromatic ring is 1. The molecule has 0 aliphatic heterocycles. The Balaban J connectivity index is 2.26. The Kier molecular flexibility index (Phi) is 2.33. The van der Waals surface area contributed by atoms with Gasteiger partial charge in [0.25, 0.3) is 0 Å². The van der Waals surface area contributed by atoms with E-state index in [4.69, 9.17) is 10.2 Å². The SMILES string of the molecule is Cc1ccc(N)c(-c2nc3cccc(C)c3o2)c1. The molecule has 0 atom stereocenters. The van der Waals surface area contributed by atoms with Gasteiger partial charge in [-0.25, -0.2) is 4.98 Å². The first-order valence-corrected chi connectivity index (χ1v) is 5.88. The molecule has 0 saturated carbocycles. The number of anilines is 1. The topological polar surface area (TPSA) is 52.0 Å². The van der Waals surface area contributed by atoms with Crippen LogP contribution in [0, 0.1) is 13.8 Å². The molecule has 0 fully saturated rings. The van der Waals surface area contributed by atoms with Gasteiger partial charge >= 0.3 is 0 Å². The van der Waals surface area contributed by atoms with E-state index in [1.165, 1.54) is 0 Å². The number of nitrogens with zero attached hydrogens (tertiary/aromatic N) is 1. The normalized spacial score (nSPS) is 11.0. The number of oxazole rings is 1. The first-order valence-electron chi connectivity index (χ1n) is 5.88. The smallest absolute Gasteiger partial charge is 0.229 e. The van der Waals surface area contributed by atoms with Gasteiger partial charge in [0.1, 0.15) is 5.52 Å². The molecule has 0 spiro atoms. The lowest BCUT2D eigenvalue weighted by Crippen LogP contribution is -1.90. The molecule has 3 rings (SSSR count). The molecular formula is C15H14N2O. The average Bonchev–Trinajstić information content (AvgIpc) is 2.77. The number of para-hydroxylation sites is 1. The Labute approximate surface area is 105 Å². The minimum Gasteiger partial charge on any atom is -0.436 e. The largest absolute Gasteiger partial charge is 0.436 e. The van der Waals surface area contributed by atoms with Crippen molar-refractivity contribution in [2.45, 2.75) is 13.8 Å². The van der Waals surface area contributed by atoms with Crippen LogP contribution >= 0.6 is 0 Å². The molecule has 2 aromatic carbocycles. The highest BCUT2D eigenvalue weighted by molar-refractivity contribution is 5.81. The second-order valence-corrected chi connectivity index (χ2v) is 4.53. The minimum atomic E-state index is 0.584. The highest BCUT2D eigenvalue weighted by Crippen LogP contribution is 2.30. The second-order valence-electron chi connectivity index (χ2n) is 4.53. The van der Waals surface area contributed by atoms with E-state index in [0.717, 1.165) is 27.8 Å². The highest BCUT2D eigenvalue weighted by Gasteiger charge is 2.12. The molecule has 3 heteroatoms. The van der Waals surface area contributed by atoms with E-state index < -0.39 is 0 Å². The van der Waals surface area contributed by atoms with E-state index in [9.17, 15) is 0 Å². The maximum absolute atomic E-state index is 5.98. The molecule has 18 heavy (non-hydrogen) atoms. The molecule has 1 aromatic heterocycles. The highest BCUT2D eigenvalue weighted by atomic mass is 16.3. The van der Waals surface area contributed by atoms with Crippen LogP contribution in [0.3, 0.4) is 0 Å². The van der Waals surface area contributed by atoms with Gasteiger partial charge in [0, 0.05) is 5.69 Å². The van der Waals surface area contributed by atoms with E-state index in [1.807, 2.05) is 50.2 Å². The summed E-state index contributed by atoms with van der Waals surface area (Å²) < 4.78 is 5.83. The van der Waals surface area contributed by atoms with Crippen molar-refractivity contribution in [3.63, 3.8) is 0 Å². The van der Waals surface area contributed by atoms with Gasteiger partial charge in [0.15, 0.2) is 5.58 Å². The Hall–Kier alpha value is -2.29. The number of fused-ring (bicyclic) bond motifs is 1. The van der Waals surface area contributed by atoms with Crippen molar-refractivity contribution in [3.8, 4) is 11.5 Å². The van der Waals surface area contributed by atoms with Gasteiger partial charge in [-0.3, -0.25) is 0 Å². The van der Waals surface area contributed by atoms with Gasteiger partial charge < -0.3 is 10.2 Å². The summed E-state index contributed by atoms with van der Waals surface area (Å²) in [5.74, 6) is 0.584. The van der Waals surface area contributed by atoms with Gasteiger partial charge in [-0.2, -0.15) is 0 Å². The number of benzene rings is 2. The fourth-order valence-corrected chi connectivity index (χ4v) is 2.06. The number of hydrogen-bond acceptors (Lipinski definition) is 3. The van der Waals surface area contributed by atoms with Gasteiger partial charge in [0.05, 0.1) is 5.56 Å². The molecule has 3 nitrogen and oxygen atoms in total. The standard InChI is InChI=1S/C15H14N2O/c1-9-6-7-12(16)11(8-9)15-17-13-5-3-4-10(2)14(13)18-15/h3-8H,16H2,1-2H3. The van der Waals surface area contributed by atoms with Crippen LogP contribution < -0.4 is 5.73 Å². The van der Waals surface area contributed by atoms with E-state index in [-0.39, 0.29) is 0 Å². The lowest BCUT2D eigenvalue weighted by molar-refractivity contribution is 0.617. The number of aryl methyl sites for hydroxylation is 2. The molecule has 0 aliphatic carbocycles. The molecular weight excluding hydrogens is 224 g/mol. The zero-order valence-electron chi connectivity index (χ0n) is 10.4. The van der Waals surface area contributed by atoms with Crippen LogP contribution in [-0.4, -0.2) is 4.98 Å². The van der Waals surface area contributed by atoms with E-state index in [0.29, 0.717) is 11.6 Å². The van der Waals surface area contributed by atoms with Gasteiger partial charge in [-0.15, -0.1) is 0 Å². The third kappa shape index (κ3) is 1.64. The van der Waals surface area contributed by atoms with Crippen LogP contribution in [0.4, 0.5) is 5.69 Å². The van der Waals surface area contributed by atoms with Crippen molar-refractivity contribution < 1.29 is 4.42 Å². The predicted molar refractivity (Wildman–Crippen MR) is 73.3 cm³/mol. The van der Waals surface area contributed by atoms with Crippen LogP contribution in [0.2, 0.25) is 0 Å². The fourth-order valence-electron chi connectivity index (χ4n) is 2.06. The summed E-state index contributed by atoms with van der Waals surface area (Å²) >= 11 is 0. The molecule has 0 radical (unpaired) electrons. The zero-order chi connectivity index (χ0) is 12.7. The molecule has 2 N–H and O–H groups in total. The van der Waals surface area contributed by atoms with Crippen molar-refractivity contribution in [1.82, 2.24) is 4.98 Å². The maximum atomic E-state index is 5.98. The second kappa shape index (κ2) is 3.88. The van der Waals surface area contributed by atoms with Crippen LogP contribution in [0.5, 0.6) is 0 Å². The van der Waals surface area contributed by atoms with Gasteiger partial charge in [0.2, 0.25) is 5.89 Å². The molecule has 3 aromatic rings. The van der Waals surface area contributed by atoms with Crippen molar-refractivity contribution in [1.29, 1.82) is 0 Å². The van der Waals surface area contributed by atoms with E-state index in [2.05, 4.69) is 4.98 Å². The van der Waals surface area contributed by atoms with Gasteiger partial charge in [-0.05, 0) is 37.6 Å². The Bertz CT molecular complexity index is 728. The molecule has 90 valence electrons. The molecule has 0 amide bonds. The monoisotopic (exact) mass is 238 g/mol. The van der Waals surface area contributed by atoms with Crippen molar-refractivity contribution in [3.05, 3.63) is 47.5 Å². The summed E-state index contributed by atoms with van der Waals surface area (Å²) in [6.45, 7) is 4.04. The molecule has 0 unspecified atom stereocenters. The Morgan fingerprint density at radius 2 is 1.94 bits per heavy atom. The first-order chi connectivity index (χ1) is 8.65. The fraction of sp³-hybridized carbons (Fsp3) is 0.133. The summed E-state index contributed by atoms with van der Waals surface area (Å²) in [5, 5.41) is 0. The third-order valence-corrected chi connectivity index (χ3v) is 3.05. The Morgan fingerprint density at radius 3 is 2.72 bits per heavy atom. The number of hydrogen-bond donors (Lipinski definition) is 1. The minimum absolute atomic E-state index is 0.584. The summed E-state index contributed by atoms with van der Waals surface area (Å²) in [6, 6.07) is 11.8. The third-order valence-electron chi connectivity index (χ3n) is 3.05. The van der Waals surface area contributed by atoms with Crippen molar-refractivity contribution >= 4 is 16.8 Å². The Morgan fingerprint density at radius 1 is 1.11 bits per heavy atom. The molecule has 1 heterocycles. The quantitative estimate of drug-likeness (QED) is 0.658. The van der Waals surface area contributed by atoms with Crippen LogP contribution in [0.1, 0.15) is 11.1 Å². The predicted octanol–water partition coefficient (Wildman–Crippen LogP) is 3.69. The zero-order valence-corrected chi connectivity index (χ0v) is 10.4. The first kappa shape index (κ1) is 10.8. The van der Waals surface area contributed by atoms with Gasteiger partial charge in [-0.1, -0.05) is 23.8 Å². The van der Waals surface area contributed by atoms with E-state index >= 15 is 0 Å². The maximum Gasteiger partial charge on any atom is 0.229 e. The lowest BCUT2D eigenvalue weighted by atomic mass is 10.1. The van der Waals surface area contributed by atoms with E-state index in [1.54, 1.807) is 0 Å². The van der Waals surface area contributed by atoms with Crippen LogP contribution in [-0.2, 0) is 0 Å². The summed E-state index contributed by atoms with van der Waals surface area (Å²) in [6.07, 6.45) is 0. The molecule has 0 aliphatic rings. The van der Waals surface area contributed by atoms with Crippen LogP contribution in [0.25, 0.3) is 22.6 Å². The number of rotatable bonds is 1. The molecule has 0 bridgehead atoms. The van der Waals surface area contributed by atoms with Crippen molar-refractivity contribution in [2.24, 2.45) is 0 Å². The molecule has 0 saturated heterocycles. The number of aromatic nitrogens is 1. The average molecular weight is 238 g/mol. The summed E-state index contributed by atoms with van der Waals surface area (Å²) in [7, 11) is 0. The summed E-state index contributed by atoms with van der Waals surface area (Å²) in [4.78, 5) is 4.50. The van der Waals surface area contributed by atoms with Crippen LogP contribution in [0.15, 0.2) is 40.8 Å². The number of nitrogens with two attached hydrogens (primary N) is 1. The van der Waals surface area contributed by atoms with Crippen molar-refractivity contribution in [2.75, 3.05) is 5.73 Å². The lowest BCUT2D eigenvalue weighted by Gasteiger charge is -2.02.